The predicted octanol–water partition coefficient (Wildman–Crippen LogP) is 7.27. The minimum Gasteiger partial charge on any atom is -0.492 e. The topological polar surface area (TPSA) is 89.1 Å². The number of benzene rings is 4. The van der Waals surface area contributed by atoms with Gasteiger partial charge in [0, 0.05) is 47.0 Å². The molecule has 50 heavy (non-hydrogen) atoms. The van der Waals surface area contributed by atoms with Crippen LogP contribution in [0.25, 0.3) is 0 Å². The quantitative estimate of drug-likeness (QED) is 0.135. The molecule has 1 heterocycles. The van der Waals surface area contributed by atoms with Crippen molar-refractivity contribution in [1.29, 1.82) is 0 Å². The van der Waals surface area contributed by atoms with Crippen LogP contribution >= 0.6 is 11.6 Å². The highest BCUT2D eigenvalue weighted by atomic mass is 35.5. The number of hydrogen-bond acceptors (Lipinski definition) is 6. The van der Waals surface area contributed by atoms with E-state index in [2.05, 4.69) is 22.8 Å². The molecule has 10 heteroatoms. The number of amides is 2. The van der Waals surface area contributed by atoms with Crippen LogP contribution in [-0.4, -0.2) is 51.3 Å². The molecular weight excluding hydrogens is 657 g/mol. The summed E-state index contributed by atoms with van der Waals surface area (Å²) in [6.07, 6.45) is -1.38. The summed E-state index contributed by atoms with van der Waals surface area (Å²) in [5, 5.41) is 6.64. The molecule has 0 bridgehead atoms. The lowest BCUT2D eigenvalue weighted by Gasteiger charge is -2.31. The Labute approximate surface area is 298 Å². The summed E-state index contributed by atoms with van der Waals surface area (Å²) in [6, 6.07) is 27.4. The molecule has 2 amide bonds. The summed E-state index contributed by atoms with van der Waals surface area (Å²) in [7, 11) is 1.56. The fourth-order valence-electron chi connectivity index (χ4n) is 5.97. The van der Waals surface area contributed by atoms with Crippen molar-refractivity contribution in [3.8, 4) is 11.5 Å². The molecule has 0 saturated carbocycles. The average Bonchev–Trinajstić information content (AvgIpc) is 3.19. The lowest BCUT2D eigenvalue weighted by Crippen LogP contribution is -2.45. The molecule has 0 aromatic heterocycles. The highest BCUT2D eigenvalue weighted by molar-refractivity contribution is 6.30. The largest absolute Gasteiger partial charge is 0.492 e. The van der Waals surface area contributed by atoms with Crippen LogP contribution < -0.4 is 25.0 Å². The molecule has 2 N–H and O–H groups in total. The van der Waals surface area contributed by atoms with Gasteiger partial charge >= 0.3 is 0 Å². The highest BCUT2D eigenvalue weighted by Gasteiger charge is 2.40. The van der Waals surface area contributed by atoms with E-state index in [1.165, 1.54) is 11.6 Å². The van der Waals surface area contributed by atoms with E-state index < -0.39 is 23.9 Å². The second-order valence-electron chi connectivity index (χ2n) is 13.5. The Morgan fingerprint density at radius 1 is 0.960 bits per heavy atom. The first-order valence-corrected chi connectivity index (χ1v) is 17.2. The number of anilines is 1. The van der Waals surface area contributed by atoms with Gasteiger partial charge in [-0.05, 0) is 54.3 Å². The normalized spacial score (nSPS) is 16.0. The zero-order chi connectivity index (χ0) is 35.7. The van der Waals surface area contributed by atoms with Gasteiger partial charge in [0.15, 0.2) is 11.5 Å². The Hall–Kier alpha value is -4.44. The number of nitrogens with zero attached hydrogens (tertiary/aromatic N) is 1. The first-order chi connectivity index (χ1) is 24.0. The van der Waals surface area contributed by atoms with Crippen LogP contribution in [0.2, 0.25) is 5.02 Å². The molecule has 0 spiro atoms. The molecule has 0 fully saturated rings. The smallest absolute Gasteiger partial charge is 0.256 e. The van der Waals surface area contributed by atoms with Crippen LogP contribution in [-0.2, 0) is 27.3 Å². The molecular formula is C40H45ClFN3O5. The molecule has 264 valence electrons. The maximum atomic E-state index is 14.3. The fourth-order valence-corrected chi connectivity index (χ4v) is 6.15. The third-order valence-corrected chi connectivity index (χ3v) is 8.54. The van der Waals surface area contributed by atoms with E-state index in [0.717, 1.165) is 13.0 Å². The minimum absolute atomic E-state index is 0.0221. The van der Waals surface area contributed by atoms with E-state index in [-0.39, 0.29) is 24.3 Å². The minimum atomic E-state index is -1.17. The number of nitrogens with one attached hydrogen (secondary N) is 2. The monoisotopic (exact) mass is 701 g/mol. The Morgan fingerprint density at radius 3 is 2.46 bits per heavy atom. The van der Waals surface area contributed by atoms with Crippen LogP contribution in [0.1, 0.15) is 55.5 Å². The summed E-state index contributed by atoms with van der Waals surface area (Å²) in [6.45, 7) is 8.28. The van der Waals surface area contributed by atoms with E-state index in [1.807, 2.05) is 63.2 Å². The molecule has 2 atom stereocenters. The van der Waals surface area contributed by atoms with E-state index in [4.69, 9.17) is 25.8 Å². The Morgan fingerprint density at radius 2 is 1.72 bits per heavy atom. The lowest BCUT2D eigenvalue weighted by molar-refractivity contribution is -0.138. The molecule has 1 aliphatic heterocycles. The standard InChI is InChI=1S/C40H45ClFN3O5/c1-40(2,3)26-45-33-18-17-29(41)23-31(33)37(50-35(39(45)47)24-36(46)44-25-28-13-8-9-15-32(28)42)30-14-10-16-34(38(30)48-4)49-22-21-43-20-19-27-11-6-5-7-12-27/h5-18,23,35,37,43H,19-22,24-26H2,1-4H3,(H,44,46). The summed E-state index contributed by atoms with van der Waals surface area (Å²) in [5.74, 6) is -0.264. The maximum Gasteiger partial charge on any atom is 0.256 e. The Balaban J connectivity index is 1.41. The van der Waals surface area contributed by atoms with Gasteiger partial charge in [-0.25, -0.2) is 4.39 Å². The van der Waals surface area contributed by atoms with Crippen molar-refractivity contribution in [2.45, 2.75) is 52.4 Å². The zero-order valence-corrected chi connectivity index (χ0v) is 29.8. The molecule has 4 aromatic rings. The van der Waals surface area contributed by atoms with Crippen molar-refractivity contribution in [1.82, 2.24) is 10.6 Å². The van der Waals surface area contributed by atoms with Gasteiger partial charge in [0.05, 0.1) is 13.5 Å². The number of halogens is 2. The summed E-state index contributed by atoms with van der Waals surface area (Å²) in [4.78, 5) is 29.3. The number of ether oxygens (including phenoxy) is 3. The second kappa shape index (κ2) is 17.0. The van der Waals surface area contributed by atoms with Crippen molar-refractivity contribution in [2.75, 3.05) is 38.3 Å². The number of fused-ring (bicyclic) bond motifs is 1. The number of hydrogen-bond donors (Lipinski definition) is 2. The van der Waals surface area contributed by atoms with Crippen molar-refractivity contribution in [3.05, 3.63) is 124 Å². The first-order valence-electron chi connectivity index (χ1n) is 16.8. The molecule has 0 radical (unpaired) electrons. The van der Waals surface area contributed by atoms with E-state index in [1.54, 1.807) is 42.3 Å². The molecule has 2 unspecified atom stereocenters. The molecule has 4 aromatic carbocycles. The Kier molecular flexibility index (Phi) is 12.5. The van der Waals surface area contributed by atoms with Gasteiger partial charge in [-0.3, -0.25) is 9.59 Å². The zero-order valence-electron chi connectivity index (χ0n) is 29.0. The van der Waals surface area contributed by atoms with Crippen LogP contribution in [0.15, 0.2) is 91.0 Å². The van der Waals surface area contributed by atoms with E-state index in [0.29, 0.717) is 58.6 Å². The van der Waals surface area contributed by atoms with Crippen molar-refractivity contribution in [2.24, 2.45) is 5.41 Å². The summed E-state index contributed by atoms with van der Waals surface area (Å²) < 4.78 is 33.0. The summed E-state index contributed by atoms with van der Waals surface area (Å²) >= 11 is 6.57. The molecule has 1 aliphatic rings. The van der Waals surface area contributed by atoms with E-state index >= 15 is 0 Å². The highest BCUT2D eigenvalue weighted by Crippen LogP contribution is 2.45. The summed E-state index contributed by atoms with van der Waals surface area (Å²) in [5.41, 5.74) is 3.22. The SMILES string of the molecule is COc1c(OCCNCCc2ccccc2)cccc1C1OC(CC(=O)NCc2ccccc2F)C(=O)N(CC(C)(C)C)c2ccc(Cl)cc21. The third kappa shape index (κ3) is 9.62. The molecule has 0 aliphatic carbocycles. The van der Waals surface area contributed by atoms with Gasteiger partial charge in [-0.2, -0.15) is 0 Å². The number of methoxy groups -OCH3 is 1. The van der Waals surface area contributed by atoms with Gasteiger partial charge in [0.1, 0.15) is 24.6 Å². The maximum absolute atomic E-state index is 14.3. The molecule has 8 nitrogen and oxygen atoms in total. The van der Waals surface area contributed by atoms with Crippen LogP contribution in [0.3, 0.4) is 0 Å². The van der Waals surface area contributed by atoms with Crippen LogP contribution in [0.5, 0.6) is 11.5 Å². The Bertz CT molecular complexity index is 1760. The lowest BCUT2D eigenvalue weighted by atomic mass is 9.94. The van der Waals surface area contributed by atoms with Gasteiger partial charge in [-0.1, -0.05) is 93.0 Å². The van der Waals surface area contributed by atoms with Crippen molar-refractivity contribution >= 4 is 29.1 Å². The fraction of sp³-hybridized carbons (Fsp3) is 0.350. The average molecular weight is 702 g/mol. The van der Waals surface area contributed by atoms with Crippen LogP contribution in [0, 0.1) is 11.2 Å². The van der Waals surface area contributed by atoms with Crippen molar-refractivity contribution in [3.63, 3.8) is 0 Å². The van der Waals surface area contributed by atoms with Gasteiger partial charge in [0.25, 0.3) is 5.91 Å². The molecule has 0 saturated heterocycles. The van der Waals surface area contributed by atoms with Crippen LogP contribution in [0.4, 0.5) is 10.1 Å². The second-order valence-corrected chi connectivity index (χ2v) is 13.9. The molecule has 5 rings (SSSR count). The third-order valence-electron chi connectivity index (χ3n) is 8.31. The van der Waals surface area contributed by atoms with Crippen molar-refractivity contribution < 1.29 is 28.2 Å². The predicted molar refractivity (Wildman–Crippen MR) is 194 cm³/mol. The number of carbonyl (C=O) groups is 2. The number of para-hydroxylation sites is 1. The first kappa shape index (κ1) is 36.8. The number of carbonyl (C=O) groups excluding carboxylic acids is 2. The number of rotatable bonds is 14. The van der Waals surface area contributed by atoms with Gasteiger partial charge in [-0.15, -0.1) is 0 Å². The van der Waals surface area contributed by atoms with Gasteiger partial charge < -0.3 is 29.7 Å². The van der Waals surface area contributed by atoms with Gasteiger partial charge in [0.2, 0.25) is 5.91 Å². The van der Waals surface area contributed by atoms with E-state index in [9.17, 15) is 14.0 Å².